The fourth-order valence-electron chi connectivity index (χ4n) is 2.46. The number of rotatable bonds is 5. The van der Waals surface area contributed by atoms with Crippen LogP contribution in [0.3, 0.4) is 0 Å². The van der Waals surface area contributed by atoms with Gasteiger partial charge < -0.3 is 15.0 Å². The maximum Gasteiger partial charge on any atom is 0.417 e. The van der Waals surface area contributed by atoms with Gasteiger partial charge in [-0.05, 0) is 30.7 Å². The van der Waals surface area contributed by atoms with Gasteiger partial charge in [-0.3, -0.25) is 9.59 Å². The molecule has 2 aromatic rings. The Kier molecular flexibility index (Phi) is 6.09. The van der Waals surface area contributed by atoms with Gasteiger partial charge in [0, 0.05) is 18.3 Å². The number of hydrogen-bond donors (Lipinski definition) is 2. The van der Waals surface area contributed by atoms with E-state index < -0.39 is 40.9 Å². The van der Waals surface area contributed by atoms with Gasteiger partial charge in [0.05, 0.1) is 11.6 Å². The zero-order valence-electron chi connectivity index (χ0n) is 13.9. The number of pyridine rings is 1. The molecule has 0 saturated carbocycles. The van der Waals surface area contributed by atoms with Gasteiger partial charge in [0.2, 0.25) is 0 Å². The number of nitrogens with one attached hydrogen (secondary N) is 2. The van der Waals surface area contributed by atoms with Crippen molar-refractivity contribution < 1.29 is 22.7 Å². The van der Waals surface area contributed by atoms with Crippen molar-refractivity contribution in [1.82, 2.24) is 10.3 Å². The summed E-state index contributed by atoms with van der Waals surface area (Å²) in [5.41, 5.74) is -1.95. The van der Waals surface area contributed by atoms with Crippen LogP contribution in [0.15, 0.2) is 41.3 Å². The number of hydrogen-bond acceptors (Lipinski definition) is 3. The van der Waals surface area contributed by atoms with Crippen molar-refractivity contribution in [3.63, 3.8) is 0 Å². The third-order valence-electron chi connectivity index (χ3n) is 3.74. The molecule has 26 heavy (non-hydrogen) atoms. The Balaban J connectivity index is 2.23. The van der Waals surface area contributed by atoms with Crippen molar-refractivity contribution in [2.75, 3.05) is 7.11 Å². The molecule has 0 fully saturated rings. The lowest BCUT2D eigenvalue weighted by Gasteiger charge is -2.24. The average Bonchev–Trinajstić information content (AvgIpc) is 2.56. The molecule has 1 amide bonds. The second-order valence-electron chi connectivity index (χ2n) is 5.60. The fourth-order valence-corrected chi connectivity index (χ4v) is 2.58. The number of aromatic nitrogens is 1. The summed E-state index contributed by atoms with van der Waals surface area (Å²) in [5, 5.41) is 3.02. The zero-order valence-corrected chi connectivity index (χ0v) is 14.6. The van der Waals surface area contributed by atoms with Gasteiger partial charge in [-0.25, -0.2) is 0 Å². The Morgan fingerprint density at radius 3 is 2.42 bits per heavy atom. The van der Waals surface area contributed by atoms with Crippen LogP contribution in [0, 0.1) is 0 Å². The summed E-state index contributed by atoms with van der Waals surface area (Å²) < 4.78 is 43.7. The maximum atomic E-state index is 12.8. The van der Waals surface area contributed by atoms with E-state index in [2.05, 4.69) is 5.32 Å². The van der Waals surface area contributed by atoms with E-state index in [9.17, 15) is 22.8 Å². The summed E-state index contributed by atoms with van der Waals surface area (Å²) in [5.74, 6) is -0.930. The Morgan fingerprint density at radius 2 is 1.88 bits per heavy atom. The number of aromatic amines is 1. The minimum Gasteiger partial charge on any atom is -0.375 e. The standard InChI is InChI=1S/C17H16ClF3N2O3/c1-9(14(26-2)10-3-5-12(18)6-4-10)23-16(25)13-7-11(17(19,20)21)8-22-15(13)24/h3-9,14H,1-2H3,(H,22,24)(H,23,25). The highest BCUT2D eigenvalue weighted by molar-refractivity contribution is 6.30. The first-order valence-electron chi connectivity index (χ1n) is 7.52. The number of carbonyl (C=O) groups excluding carboxylic acids is 1. The molecular formula is C17H16ClF3N2O3. The first kappa shape index (κ1) is 20.0. The third-order valence-corrected chi connectivity index (χ3v) is 3.99. The van der Waals surface area contributed by atoms with Gasteiger partial charge in [0.15, 0.2) is 0 Å². The SMILES string of the molecule is COC(c1ccc(Cl)cc1)C(C)NC(=O)c1cc(C(F)(F)F)c[nH]c1=O. The number of methoxy groups -OCH3 is 1. The van der Waals surface area contributed by atoms with E-state index in [1.807, 2.05) is 4.98 Å². The van der Waals surface area contributed by atoms with Crippen LogP contribution in [0.4, 0.5) is 13.2 Å². The largest absolute Gasteiger partial charge is 0.417 e. The van der Waals surface area contributed by atoms with Gasteiger partial charge >= 0.3 is 6.18 Å². The molecule has 2 N–H and O–H groups in total. The van der Waals surface area contributed by atoms with Crippen LogP contribution >= 0.6 is 11.6 Å². The first-order chi connectivity index (χ1) is 12.1. The van der Waals surface area contributed by atoms with Gasteiger partial charge in [-0.1, -0.05) is 23.7 Å². The molecule has 1 heterocycles. The van der Waals surface area contributed by atoms with Crippen LogP contribution in [-0.2, 0) is 10.9 Å². The summed E-state index contributed by atoms with van der Waals surface area (Å²) in [6.07, 6.45) is -4.74. The van der Waals surface area contributed by atoms with Crippen LogP contribution in [0.5, 0.6) is 0 Å². The Labute approximate surface area is 152 Å². The number of ether oxygens (including phenoxy) is 1. The molecule has 0 bridgehead atoms. The quantitative estimate of drug-likeness (QED) is 0.822. The molecule has 1 aromatic carbocycles. The van der Waals surface area contributed by atoms with E-state index in [1.165, 1.54) is 7.11 Å². The summed E-state index contributed by atoms with van der Waals surface area (Å²) in [6.45, 7) is 1.61. The first-order valence-corrected chi connectivity index (χ1v) is 7.90. The number of H-pyrrole nitrogens is 1. The lowest BCUT2D eigenvalue weighted by atomic mass is 10.0. The molecule has 0 saturated heterocycles. The lowest BCUT2D eigenvalue weighted by molar-refractivity contribution is -0.137. The van der Waals surface area contributed by atoms with E-state index >= 15 is 0 Å². The number of alkyl halides is 3. The number of amides is 1. The van der Waals surface area contributed by atoms with Crippen molar-refractivity contribution >= 4 is 17.5 Å². The zero-order chi connectivity index (χ0) is 19.5. The number of halogens is 4. The van der Waals surface area contributed by atoms with Crippen LogP contribution in [0.2, 0.25) is 5.02 Å². The monoisotopic (exact) mass is 388 g/mol. The molecule has 2 unspecified atom stereocenters. The molecular weight excluding hydrogens is 373 g/mol. The van der Waals surface area contributed by atoms with E-state index in [4.69, 9.17) is 16.3 Å². The van der Waals surface area contributed by atoms with Gasteiger partial charge in [0.1, 0.15) is 11.7 Å². The predicted octanol–water partition coefficient (Wildman–Crippen LogP) is 3.55. The third kappa shape index (κ3) is 4.64. The van der Waals surface area contributed by atoms with Gasteiger partial charge in [-0.2, -0.15) is 13.2 Å². The highest BCUT2D eigenvalue weighted by atomic mass is 35.5. The van der Waals surface area contributed by atoms with Crippen molar-refractivity contribution in [3.05, 3.63) is 68.6 Å². The summed E-state index contributed by atoms with van der Waals surface area (Å²) >= 11 is 5.83. The van der Waals surface area contributed by atoms with Crippen molar-refractivity contribution in [3.8, 4) is 0 Å². The van der Waals surface area contributed by atoms with Crippen molar-refractivity contribution in [1.29, 1.82) is 0 Å². The van der Waals surface area contributed by atoms with Crippen molar-refractivity contribution in [2.24, 2.45) is 0 Å². The van der Waals surface area contributed by atoms with Gasteiger partial charge in [-0.15, -0.1) is 0 Å². The van der Waals surface area contributed by atoms with Crippen LogP contribution in [-0.4, -0.2) is 24.0 Å². The molecule has 9 heteroatoms. The lowest BCUT2D eigenvalue weighted by Crippen LogP contribution is -2.40. The normalized spacial score (nSPS) is 13.9. The Bertz CT molecular complexity index is 834. The summed E-state index contributed by atoms with van der Waals surface area (Å²) in [4.78, 5) is 26.0. The van der Waals surface area contributed by atoms with Gasteiger partial charge in [0.25, 0.3) is 11.5 Å². The molecule has 0 radical (unpaired) electrons. The smallest absolute Gasteiger partial charge is 0.375 e. The molecule has 2 atom stereocenters. The average molecular weight is 389 g/mol. The summed E-state index contributed by atoms with van der Waals surface area (Å²) in [7, 11) is 1.43. The van der Waals surface area contributed by atoms with E-state index in [0.29, 0.717) is 22.8 Å². The molecule has 0 spiro atoms. The minimum absolute atomic E-state index is 0.519. The second kappa shape index (κ2) is 7.92. The Hall–Kier alpha value is -2.32. The summed E-state index contributed by atoms with van der Waals surface area (Å²) in [6, 6.07) is 6.60. The minimum atomic E-state index is -4.68. The molecule has 2 rings (SSSR count). The molecule has 5 nitrogen and oxygen atoms in total. The highest BCUT2D eigenvalue weighted by Crippen LogP contribution is 2.28. The second-order valence-corrected chi connectivity index (χ2v) is 6.04. The van der Waals surface area contributed by atoms with Crippen LogP contribution < -0.4 is 10.9 Å². The molecule has 0 aliphatic carbocycles. The molecule has 1 aromatic heterocycles. The number of benzene rings is 1. The molecule has 0 aliphatic heterocycles. The highest BCUT2D eigenvalue weighted by Gasteiger charge is 2.32. The molecule has 140 valence electrons. The number of carbonyl (C=O) groups is 1. The van der Waals surface area contributed by atoms with E-state index in [1.54, 1.807) is 31.2 Å². The van der Waals surface area contributed by atoms with E-state index in [-0.39, 0.29) is 0 Å². The van der Waals surface area contributed by atoms with Crippen LogP contribution in [0.1, 0.15) is 34.5 Å². The van der Waals surface area contributed by atoms with E-state index in [0.717, 1.165) is 0 Å². The topological polar surface area (TPSA) is 71.2 Å². The maximum absolute atomic E-state index is 12.8. The molecule has 0 aliphatic rings. The predicted molar refractivity (Wildman–Crippen MR) is 90.2 cm³/mol. The Morgan fingerprint density at radius 1 is 1.27 bits per heavy atom. The van der Waals surface area contributed by atoms with Crippen LogP contribution in [0.25, 0.3) is 0 Å². The van der Waals surface area contributed by atoms with Crippen molar-refractivity contribution in [2.45, 2.75) is 25.2 Å². The fraction of sp³-hybridized carbons (Fsp3) is 0.294.